The van der Waals surface area contributed by atoms with Gasteiger partial charge < -0.3 is 9.64 Å². The van der Waals surface area contributed by atoms with Crippen LogP contribution in [0.2, 0.25) is 0 Å². The topological polar surface area (TPSA) is 64.4 Å². The highest BCUT2D eigenvalue weighted by Crippen LogP contribution is 2.39. The Morgan fingerprint density at radius 2 is 1.77 bits per heavy atom. The van der Waals surface area contributed by atoms with E-state index in [1.807, 2.05) is 23.1 Å². The van der Waals surface area contributed by atoms with E-state index in [2.05, 4.69) is 17.1 Å². The minimum atomic E-state index is -0.466. The average Bonchev–Trinajstić information content (AvgIpc) is 3.67. The summed E-state index contributed by atoms with van der Waals surface area (Å²) in [6.45, 7) is 3.45. The summed E-state index contributed by atoms with van der Waals surface area (Å²) < 4.78 is 7.34. The fourth-order valence-electron chi connectivity index (χ4n) is 5.18. The summed E-state index contributed by atoms with van der Waals surface area (Å²) in [7, 11) is 0. The van der Waals surface area contributed by atoms with Gasteiger partial charge in [0.25, 0.3) is 5.56 Å². The summed E-state index contributed by atoms with van der Waals surface area (Å²) in [5, 5.41) is 0. The molecule has 6 nitrogen and oxygen atoms in total. The first-order valence-electron chi connectivity index (χ1n) is 11.6. The number of hydrogen-bond donors (Lipinski definition) is 0. The number of likely N-dealkylation sites (tertiary alicyclic amines) is 1. The Kier molecular flexibility index (Phi) is 5.65. The number of piperidine rings is 1. The molecule has 0 bridgehead atoms. The van der Waals surface area contributed by atoms with Gasteiger partial charge in [0, 0.05) is 44.8 Å². The van der Waals surface area contributed by atoms with Gasteiger partial charge in [-0.3, -0.25) is 14.2 Å². The van der Waals surface area contributed by atoms with Crippen molar-refractivity contribution in [2.24, 2.45) is 5.92 Å². The van der Waals surface area contributed by atoms with Crippen molar-refractivity contribution in [1.29, 1.82) is 0 Å². The van der Waals surface area contributed by atoms with Gasteiger partial charge in [0.1, 0.15) is 0 Å². The molecule has 0 spiro atoms. The van der Waals surface area contributed by atoms with Crippen molar-refractivity contribution in [3.63, 3.8) is 0 Å². The normalized spacial score (nSPS) is 21.7. The van der Waals surface area contributed by atoms with E-state index in [4.69, 9.17) is 4.74 Å². The lowest BCUT2D eigenvalue weighted by Gasteiger charge is -2.42. The van der Waals surface area contributed by atoms with Crippen molar-refractivity contribution in [2.45, 2.75) is 56.4 Å². The zero-order valence-electron chi connectivity index (χ0n) is 18.0. The Bertz CT molecular complexity index is 969. The lowest BCUT2D eigenvalue weighted by atomic mass is 9.72. The van der Waals surface area contributed by atoms with E-state index in [1.165, 1.54) is 0 Å². The Labute approximate surface area is 183 Å². The van der Waals surface area contributed by atoms with Crippen molar-refractivity contribution in [2.75, 3.05) is 26.3 Å². The van der Waals surface area contributed by atoms with E-state index in [0.29, 0.717) is 31.6 Å². The van der Waals surface area contributed by atoms with Crippen LogP contribution in [-0.2, 0) is 21.5 Å². The van der Waals surface area contributed by atoms with Gasteiger partial charge in [-0.15, -0.1) is 0 Å². The quantitative estimate of drug-likeness (QED) is 0.744. The lowest BCUT2D eigenvalue weighted by Crippen LogP contribution is -2.52. The maximum atomic E-state index is 13.7. The van der Waals surface area contributed by atoms with Crippen LogP contribution in [0, 0.1) is 5.92 Å². The highest BCUT2D eigenvalue weighted by Gasteiger charge is 2.44. The largest absolute Gasteiger partial charge is 0.381 e. The molecule has 0 atom stereocenters. The molecular weight excluding hydrogens is 390 g/mol. The Morgan fingerprint density at radius 3 is 2.42 bits per heavy atom. The minimum absolute atomic E-state index is 0.0562. The predicted molar refractivity (Wildman–Crippen MR) is 118 cm³/mol. The molecule has 1 aromatic heterocycles. The van der Waals surface area contributed by atoms with Crippen LogP contribution in [0.15, 0.2) is 47.5 Å². The number of aromatic nitrogens is 2. The number of benzene rings is 1. The van der Waals surface area contributed by atoms with Crippen molar-refractivity contribution in [3.8, 4) is 0 Å². The van der Waals surface area contributed by atoms with Gasteiger partial charge in [-0.05, 0) is 50.0 Å². The van der Waals surface area contributed by atoms with E-state index in [-0.39, 0.29) is 11.5 Å². The van der Waals surface area contributed by atoms with Gasteiger partial charge in [-0.25, -0.2) is 4.98 Å². The van der Waals surface area contributed by atoms with Gasteiger partial charge in [-0.1, -0.05) is 30.3 Å². The third-order valence-corrected chi connectivity index (χ3v) is 7.34. The molecule has 3 heterocycles. The number of amides is 1. The van der Waals surface area contributed by atoms with E-state index < -0.39 is 5.41 Å². The van der Waals surface area contributed by atoms with Crippen molar-refractivity contribution >= 4 is 5.91 Å². The molecule has 3 aliphatic rings. The Hall–Kier alpha value is -2.47. The van der Waals surface area contributed by atoms with Crippen LogP contribution in [0.3, 0.4) is 0 Å². The third-order valence-electron chi connectivity index (χ3n) is 7.34. The van der Waals surface area contributed by atoms with E-state index in [1.54, 1.807) is 17.0 Å². The number of nitrogens with zero attached hydrogens (tertiary/aromatic N) is 3. The molecule has 2 aromatic rings. The van der Waals surface area contributed by atoms with Crippen LogP contribution in [0.1, 0.15) is 55.7 Å². The molecule has 6 heteroatoms. The maximum Gasteiger partial charge on any atom is 0.253 e. The first-order valence-corrected chi connectivity index (χ1v) is 11.6. The van der Waals surface area contributed by atoms with Crippen LogP contribution in [0.25, 0.3) is 0 Å². The Balaban J connectivity index is 1.24. The van der Waals surface area contributed by atoms with Crippen LogP contribution in [-0.4, -0.2) is 46.7 Å². The molecule has 1 aliphatic carbocycles. The smallest absolute Gasteiger partial charge is 0.253 e. The summed E-state index contributed by atoms with van der Waals surface area (Å²) >= 11 is 0. The standard InChI is InChI=1S/C25H31N3O3/c29-23-16-22(20-6-7-20)26-18-28(23)17-19-8-12-27(13-9-19)24(30)25(10-14-31-15-11-25)21-4-2-1-3-5-21/h1-5,16,18-20H,6-15,17H2. The summed E-state index contributed by atoms with van der Waals surface area (Å²) in [5.41, 5.74) is 1.65. The van der Waals surface area contributed by atoms with Gasteiger partial charge in [0.15, 0.2) is 0 Å². The molecule has 3 fully saturated rings. The number of carbonyl (C=O) groups is 1. The molecule has 0 N–H and O–H groups in total. The second kappa shape index (κ2) is 8.58. The average molecular weight is 422 g/mol. The van der Waals surface area contributed by atoms with Crippen molar-refractivity contribution < 1.29 is 9.53 Å². The van der Waals surface area contributed by atoms with Crippen LogP contribution in [0.4, 0.5) is 0 Å². The van der Waals surface area contributed by atoms with Gasteiger partial charge in [0.2, 0.25) is 5.91 Å². The van der Waals surface area contributed by atoms with Crippen LogP contribution in [0.5, 0.6) is 0 Å². The Morgan fingerprint density at radius 1 is 1.06 bits per heavy atom. The second-order valence-corrected chi connectivity index (χ2v) is 9.37. The van der Waals surface area contributed by atoms with E-state index in [9.17, 15) is 9.59 Å². The molecule has 5 rings (SSSR count). The SMILES string of the molecule is O=C(N1CCC(Cn2cnc(C3CC3)cc2=O)CC1)C1(c2ccccc2)CCOCC1. The number of rotatable bonds is 5. The molecule has 1 aromatic carbocycles. The van der Waals surface area contributed by atoms with Crippen molar-refractivity contribution in [1.82, 2.24) is 14.5 Å². The number of carbonyl (C=O) groups excluding carboxylic acids is 1. The summed E-state index contributed by atoms with van der Waals surface area (Å²) in [5.74, 6) is 1.14. The predicted octanol–water partition coefficient (Wildman–Crippen LogP) is 3.11. The molecular formula is C25H31N3O3. The van der Waals surface area contributed by atoms with Gasteiger partial charge in [-0.2, -0.15) is 0 Å². The highest BCUT2D eigenvalue weighted by molar-refractivity contribution is 5.88. The molecule has 2 saturated heterocycles. The number of hydrogen-bond acceptors (Lipinski definition) is 4. The summed E-state index contributed by atoms with van der Waals surface area (Å²) in [4.78, 5) is 32.7. The summed E-state index contributed by atoms with van der Waals surface area (Å²) in [6.07, 6.45) is 7.35. The molecule has 0 radical (unpaired) electrons. The first-order chi connectivity index (χ1) is 15.2. The monoisotopic (exact) mass is 421 g/mol. The van der Waals surface area contributed by atoms with Gasteiger partial charge >= 0.3 is 0 Å². The molecule has 0 unspecified atom stereocenters. The summed E-state index contributed by atoms with van der Waals surface area (Å²) in [6, 6.07) is 11.9. The number of ether oxygens (including phenoxy) is 1. The lowest BCUT2D eigenvalue weighted by molar-refractivity contribution is -0.142. The van der Waals surface area contributed by atoms with E-state index >= 15 is 0 Å². The van der Waals surface area contributed by atoms with Gasteiger partial charge in [0.05, 0.1) is 17.4 Å². The molecule has 1 amide bonds. The van der Waals surface area contributed by atoms with Crippen molar-refractivity contribution in [3.05, 3.63) is 64.3 Å². The highest BCUT2D eigenvalue weighted by atomic mass is 16.5. The fourth-order valence-corrected chi connectivity index (χ4v) is 5.18. The molecule has 31 heavy (non-hydrogen) atoms. The van der Waals surface area contributed by atoms with Crippen LogP contribution < -0.4 is 5.56 Å². The molecule has 2 aliphatic heterocycles. The molecule has 164 valence electrons. The minimum Gasteiger partial charge on any atom is -0.381 e. The van der Waals surface area contributed by atoms with Crippen LogP contribution >= 0.6 is 0 Å². The molecule has 1 saturated carbocycles. The van der Waals surface area contributed by atoms with E-state index in [0.717, 1.165) is 62.9 Å². The zero-order chi connectivity index (χ0) is 21.3. The first kappa shape index (κ1) is 20.4. The fraction of sp³-hybridized carbons (Fsp3) is 0.560. The maximum absolute atomic E-state index is 13.7. The third kappa shape index (κ3) is 4.18. The zero-order valence-corrected chi connectivity index (χ0v) is 18.0. The second-order valence-electron chi connectivity index (χ2n) is 9.37.